The molecule has 46 heavy (non-hydrogen) atoms. The molecular weight excluding hydrogens is 578 g/mol. The second-order valence-electron chi connectivity index (χ2n) is 12.5. The Morgan fingerprint density at radius 1 is 0.870 bits per heavy atom. The molecule has 8 rings (SSSR count). The van der Waals surface area contributed by atoms with Crippen LogP contribution in [0.5, 0.6) is 5.75 Å². The van der Waals surface area contributed by atoms with Gasteiger partial charge in [0.15, 0.2) is 17.2 Å². The molecule has 0 amide bonds. The van der Waals surface area contributed by atoms with Crippen LogP contribution in [0, 0.1) is 5.41 Å². The Bertz CT molecular complexity index is 2130. The van der Waals surface area contributed by atoms with Crippen LogP contribution in [0.15, 0.2) is 94.6 Å². The molecule has 2 fully saturated rings. The first kappa shape index (κ1) is 28.1. The van der Waals surface area contributed by atoms with Gasteiger partial charge in [-0.2, -0.15) is 0 Å². The molecule has 3 aromatic heterocycles. The van der Waals surface area contributed by atoms with E-state index in [0.29, 0.717) is 17.3 Å². The molecule has 0 unspecified atom stereocenters. The molecule has 6 aromatic rings. The molecule has 5 heterocycles. The molecule has 10 heteroatoms. The van der Waals surface area contributed by atoms with Crippen molar-refractivity contribution < 1.29 is 4.74 Å². The first-order valence-corrected chi connectivity index (χ1v) is 15.5. The van der Waals surface area contributed by atoms with Gasteiger partial charge >= 0.3 is 0 Å². The second kappa shape index (κ2) is 10.9. The molecule has 2 aliphatic heterocycles. The minimum Gasteiger partial charge on any atom is -0.491 e. The van der Waals surface area contributed by atoms with Crippen molar-refractivity contribution in [2.75, 3.05) is 43.9 Å². The van der Waals surface area contributed by atoms with Crippen LogP contribution in [0.4, 0.5) is 11.5 Å². The highest BCUT2D eigenvalue weighted by Gasteiger charge is 2.45. The summed E-state index contributed by atoms with van der Waals surface area (Å²) in [6.45, 7) is 4.45. The van der Waals surface area contributed by atoms with Gasteiger partial charge in [-0.05, 0) is 60.2 Å². The van der Waals surface area contributed by atoms with E-state index < -0.39 is 10.9 Å². The summed E-state index contributed by atoms with van der Waals surface area (Å²) >= 11 is 0. The minimum absolute atomic E-state index is 0.215. The van der Waals surface area contributed by atoms with E-state index in [1.54, 1.807) is 6.20 Å². The lowest BCUT2D eigenvalue weighted by Crippen LogP contribution is -2.60. The largest absolute Gasteiger partial charge is 0.491 e. The van der Waals surface area contributed by atoms with Crippen LogP contribution in [0.3, 0.4) is 0 Å². The van der Waals surface area contributed by atoms with Crippen LogP contribution < -0.4 is 26.2 Å². The van der Waals surface area contributed by atoms with Gasteiger partial charge in [-0.15, -0.1) is 0 Å². The Labute approximate surface area is 265 Å². The number of nitrogen functional groups attached to an aromatic ring is 1. The molecule has 2 aliphatic rings. The number of anilines is 2. The topological polar surface area (TPSA) is 119 Å². The maximum Gasteiger partial charge on any atom is 0.272 e. The second-order valence-corrected chi connectivity index (χ2v) is 12.5. The third-order valence-electron chi connectivity index (χ3n) is 9.56. The van der Waals surface area contributed by atoms with E-state index in [1.807, 2.05) is 47.4 Å². The zero-order valence-electron chi connectivity index (χ0n) is 25.5. The van der Waals surface area contributed by atoms with Gasteiger partial charge in [-0.3, -0.25) is 19.1 Å². The summed E-state index contributed by atoms with van der Waals surface area (Å²) in [4.78, 5) is 42.8. The summed E-state index contributed by atoms with van der Waals surface area (Å²) in [6, 6.07) is 26.5. The zero-order chi connectivity index (χ0) is 31.4. The molecule has 0 saturated carbocycles. The molecule has 0 aliphatic carbocycles. The van der Waals surface area contributed by atoms with Crippen LogP contribution in [0.2, 0.25) is 0 Å². The summed E-state index contributed by atoms with van der Waals surface area (Å²) in [5.41, 5.74) is 12.5. The number of benzene rings is 2. The molecule has 10 nitrogen and oxygen atoms in total. The Morgan fingerprint density at radius 3 is 2.35 bits per heavy atom. The Balaban J connectivity index is 1.02. The summed E-state index contributed by atoms with van der Waals surface area (Å²) in [6.07, 6.45) is 3.68. The number of hydrogen-bond donors (Lipinski definition) is 1. The van der Waals surface area contributed by atoms with Crippen LogP contribution >= 0.6 is 0 Å². The first-order valence-electron chi connectivity index (χ1n) is 15.5. The summed E-state index contributed by atoms with van der Waals surface area (Å²) < 4.78 is 7.23. The molecule has 2 N–H and O–H groups in total. The Morgan fingerprint density at radius 2 is 1.63 bits per heavy atom. The van der Waals surface area contributed by atoms with Crippen molar-refractivity contribution in [2.45, 2.75) is 19.4 Å². The molecule has 2 saturated heterocycles. The predicted octanol–water partition coefficient (Wildman–Crippen LogP) is 4.44. The van der Waals surface area contributed by atoms with Crippen molar-refractivity contribution in [1.82, 2.24) is 24.4 Å². The number of nitrogens with two attached hydrogens (primary N) is 1. The molecule has 0 atom stereocenters. The minimum atomic E-state index is -0.509. The van der Waals surface area contributed by atoms with Crippen LogP contribution in [0.25, 0.3) is 39.5 Å². The van der Waals surface area contributed by atoms with Gasteiger partial charge < -0.3 is 15.4 Å². The van der Waals surface area contributed by atoms with Gasteiger partial charge in [-0.25, -0.2) is 15.0 Å². The Hall–Kier alpha value is -5.35. The zero-order valence-corrected chi connectivity index (χ0v) is 25.5. The highest BCUT2D eigenvalue weighted by molar-refractivity contribution is 5.84. The number of methoxy groups -OCH3 is 1. The lowest BCUT2D eigenvalue weighted by Gasteiger charge is -2.54. The summed E-state index contributed by atoms with van der Waals surface area (Å²) in [5.74, 6) is 1.33. The number of imidazole rings is 1. The Kier molecular flexibility index (Phi) is 6.68. The maximum absolute atomic E-state index is 12.1. The smallest absolute Gasteiger partial charge is 0.272 e. The van der Waals surface area contributed by atoms with E-state index in [4.69, 9.17) is 20.4 Å². The van der Waals surface area contributed by atoms with Crippen LogP contribution in [-0.4, -0.2) is 57.7 Å². The van der Waals surface area contributed by atoms with Gasteiger partial charge in [0.2, 0.25) is 0 Å². The average molecular weight is 612 g/mol. The van der Waals surface area contributed by atoms with Gasteiger partial charge in [0.1, 0.15) is 17.0 Å². The SMILES string of the molecule is COc1c(N2CCC3(CC2)CN(Cc2ccc(-n4c(-c5cccnc5N)nc5ccc(-c6ccccc6)nc54)cc2)C3)c(=O)c1=O. The number of likely N-dealkylation sites (tertiary alicyclic amines) is 1. The maximum atomic E-state index is 12.1. The van der Waals surface area contributed by atoms with Gasteiger partial charge in [0.25, 0.3) is 10.9 Å². The average Bonchev–Trinajstić information content (AvgIpc) is 3.46. The monoisotopic (exact) mass is 611 g/mol. The number of ether oxygens (including phenoxy) is 1. The number of hydrogen-bond acceptors (Lipinski definition) is 9. The van der Waals surface area contributed by atoms with Crippen molar-refractivity contribution in [3.63, 3.8) is 0 Å². The van der Waals surface area contributed by atoms with E-state index >= 15 is 0 Å². The van der Waals surface area contributed by atoms with Gasteiger partial charge in [-0.1, -0.05) is 42.5 Å². The van der Waals surface area contributed by atoms with E-state index in [2.05, 4.69) is 50.8 Å². The highest BCUT2D eigenvalue weighted by Crippen LogP contribution is 2.42. The molecule has 0 bridgehead atoms. The normalized spacial score (nSPS) is 16.2. The van der Waals surface area contributed by atoms with E-state index in [-0.39, 0.29) is 11.2 Å². The van der Waals surface area contributed by atoms with Gasteiger partial charge in [0, 0.05) is 50.2 Å². The molecule has 0 radical (unpaired) electrons. The van der Waals surface area contributed by atoms with Crippen LogP contribution in [0.1, 0.15) is 18.4 Å². The third-order valence-corrected chi connectivity index (χ3v) is 9.56. The summed E-state index contributed by atoms with van der Waals surface area (Å²) in [7, 11) is 1.45. The molecule has 1 spiro atoms. The summed E-state index contributed by atoms with van der Waals surface area (Å²) in [5, 5.41) is 0. The molecular formula is C36H33N7O3. The number of aromatic nitrogens is 4. The van der Waals surface area contributed by atoms with Crippen molar-refractivity contribution in [3.05, 3.63) is 111 Å². The van der Waals surface area contributed by atoms with Crippen molar-refractivity contribution in [3.8, 4) is 34.1 Å². The number of fused-ring (bicyclic) bond motifs is 1. The fourth-order valence-electron chi connectivity index (χ4n) is 7.14. The number of pyridine rings is 2. The van der Waals surface area contributed by atoms with E-state index in [1.165, 1.54) is 12.7 Å². The highest BCUT2D eigenvalue weighted by atomic mass is 16.5. The van der Waals surface area contributed by atoms with E-state index in [0.717, 1.165) is 79.2 Å². The standard InChI is InChI=1S/C36H33N7O3/c1-46-32-29(30(44)31(32)45)42-18-15-36(16-19-42)21-41(22-36)20-23-9-11-25(12-10-23)43-34(26-8-5-17-38-33(26)37)40-28-14-13-27(39-35(28)43)24-6-3-2-4-7-24/h2-14,17H,15-16,18-22H2,1H3,(H2,37,38). The fourth-order valence-corrected chi connectivity index (χ4v) is 7.14. The van der Waals surface area contributed by atoms with Crippen molar-refractivity contribution in [2.24, 2.45) is 5.41 Å². The third kappa shape index (κ3) is 4.64. The van der Waals surface area contributed by atoms with Crippen LogP contribution in [-0.2, 0) is 6.54 Å². The van der Waals surface area contributed by atoms with E-state index in [9.17, 15) is 9.59 Å². The number of rotatable bonds is 7. The quantitative estimate of drug-likeness (QED) is 0.261. The van der Waals surface area contributed by atoms with Crippen molar-refractivity contribution in [1.29, 1.82) is 0 Å². The fraction of sp³-hybridized carbons (Fsp3) is 0.250. The molecule has 3 aromatic carbocycles. The van der Waals surface area contributed by atoms with Crippen molar-refractivity contribution >= 4 is 22.7 Å². The number of nitrogens with zero attached hydrogens (tertiary/aromatic N) is 6. The molecule has 230 valence electrons. The lowest BCUT2D eigenvalue weighted by molar-refractivity contribution is -0.0241. The predicted molar refractivity (Wildman–Crippen MR) is 179 cm³/mol. The van der Waals surface area contributed by atoms with Gasteiger partial charge in [0.05, 0.1) is 18.4 Å². The lowest BCUT2D eigenvalue weighted by atomic mass is 9.71. The number of piperidine rings is 1. The first-order chi connectivity index (χ1) is 22.4.